The molecule has 1 aliphatic heterocycles. The van der Waals surface area contributed by atoms with Crippen LogP contribution in [-0.4, -0.2) is 12.1 Å². The molecule has 3 aliphatic rings. The lowest BCUT2D eigenvalue weighted by atomic mass is 9.83. The molecule has 2 aliphatic carbocycles. The molecule has 0 spiro atoms. The van der Waals surface area contributed by atoms with E-state index in [0.717, 1.165) is 23.9 Å². The van der Waals surface area contributed by atoms with Crippen molar-refractivity contribution in [3.63, 3.8) is 0 Å². The molecule has 4 atom stereocenters. The molecule has 3 rings (SSSR count). The van der Waals surface area contributed by atoms with Crippen molar-refractivity contribution in [1.29, 1.82) is 0 Å². The highest BCUT2D eigenvalue weighted by Crippen LogP contribution is 2.51. The molecule has 0 aromatic carbocycles. The minimum absolute atomic E-state index is 0.817. The number of piperidine rings is 1. The van der Waals surface area contributed by atoms with Gasteiger partial charge in [-0.2, -0.15) is 0 Å². The highest BCUT2D eigenvalue weighted by atomic mass is 15.1. The number of hydrogen-bond acceptors (Lipinski definition) is 0. The Hall–Kier alpha value is -0.0400. The van der Waals surface area contributed by atoms with E-state index in [4.69, 9.17) is 5.32 Å². The standard InChI is InChI=1S/C9H14N/c1-2-4-8-6(3-1)7-5-9(7)10-8/h6-9H,1-5H2. The summed E-state index contributed by atoms with van der Waals surface area (Å²) in [5.41, 5.74) is 0. The van der Waals surface area contributed by atoms with E-state index in [9.17, 15) is 0 Å². The van der Waals surface area contributed by atoms with E-state index >= 15 is 0 Å². The predicted molar refractivity (Wildman–Crippen MR) is 39.8 cm³/mol. The van der Waals surface area contributed by atoms with E-state index in [1.165, 1.54) is 32.1 Å². The minimum atomic E-state index is 0.817. The molecule has 1 heteroatoms. The topological polar surface area (TPSA) is 14.1 Å². The summed E-state index contributed by atoms with van der Waals surface area (Å²) < 4.78 is 0. The molecule has 0 amide bonds. The van der Waals surface area contributed by atoms with Crippen LogP contribution in [0.3, 0.4) is 0 Å². The molecule has 0 N–H and O–H groups in total. The maximum Gasteiger partial charge on any atom is 0.0284 e. The molecule has 1 saturated heterocycles. The molecule has 55 valence electrons. The van der Waals surface area contributed by atoms with Crippen molar-refractivity contribution in [2.45, 2.75) is 44.2 Å². The Labute approximate surface area is 62.2 Å². The normalized spacial score (nSPS) is 57.6. The first kappa shape index (κ1) is 5.59. The fraction of sp³-hybridized carbons (Fsp3) is 1.00. The Morgan fingerprint density at radius 2 is 1.80 bits per heavy atom. The van der Waals surface area contributed by atoms with Crippen LogP contribution >= 0.6 is 0 Å². The van der Waals surface area contributed by atoms with Gasteiger partial charge in [0.1, 0.15) is 0 Å². The second-order valence-electron chi connectivity index (χ2n) is 4.13. The zero-order chi connectivity index (χ0) is 6.55. The van der Waals surface area contributed by atoms with Crippen LogP contribution in [-0.2, 0) is 0 Å². The van der Waals surface area contributed by atoms with Gasteiger partial charge < -0.3 is 0 Å². The lowest BCUT2D eigenvalue weighted by Gasteiger charge is -2.26. The van der Waals surface area contributed by atoms with Crippen LogP contribution in [0.1, 0.15) is 32.1 Å². The monoisotopic (exact) mass is 136 g/mol. The summed E-state index contributed by atoms with van der Waals surface area (Å²) in [6.45, 7) is 0. The Morgan fingerprint density at radius 1 is 0.900 bits per heavy atom. The lowest BCUT2D eigenvalue weighted by Crippen LogP contribution is -2.28. The summed E-state index contributed by atoms with van der Waals surface area (Å²) in [5, 5.41) is 4.78. The third-order valence-electron chi connectivity index (χ3n) is 3.52. The highest BCUT2D eigenvalue weighted by molar-refractivity contribution is 5.09. The van der Waals surface area contributed by atoms with E-state index in [1.807, 2.05) is 0 Å². The van der Waals surface area contributed by atoms with Crippen LogP contribution in [0.2, 0.25) is 0 Å². The summed E-state index contributed by atoms with van der Waals surface area (Å²) in [5.74, 6) is 2.10. The van der Waals surface area contributed by atoms with Gasteiger partial charge in [-0.1, -0.05) is 12.8 Å². The first-order chi connectivity index (χ1) is 4.95. The maximum atomic E-state index is 4.78. The molecule has 1 nitrogen and oxygen atoms in total. The van der Waals surface area contributed by atoms with Gasteiger partial charge in [-0.05, 0) is 31.1 Å². The summed E-state index contributed by atoms with van der Waals surface area (Å²) in [6, 6.07) is 1.66. The van der Waals surface area contributed by atoms with Crippen molar-refractivity contribution in [2.75, 3.05) is 0 Å². The van der Waals surface area contributed by atoms with Gasteiger partial charge in [0, 0.05) is 12.1 Å². The first-order valence-corrected chi connectivity index (χ1v) is 4.65. The van der Waals surface area contributed by atoms with Gasteiger partial charge in [0.2, 0.25) is 0 Å². The van der Waals surface area contributed by atoms with E-state index in [-0.39, 0.29) is 0 Å². The van der Waals surface area contributed by atoms with Crippen LogP contribution in [0, 0.1) is 11.8 Å². The van der Waals surface area contributed by atoms with E-state index < -0.39 is 0 Å². The Morgan fingerprint density at radius 3 is 2.70 bits per heavy atom. The molecule has 1 heterocycles. The van der Waals surface area contributed by atoms with Crippen molar-refractivity contribution in [2.24, 2.45) is 11.8 Å². The van der Waals surface area contributed by atoms with Gasteiger partial charge in [-0.15, -0.1) is 0 Å². The van der Waals surface area contributed by atoms with E-state index in [0.29, 0.717) is 0 Å². The molecular weight excluding hydrogens is 122 g/mol. The quantitative estimate of drug-likeness (QED) is 0.479. The molecule has 0 bridgehead atoms. The van der Waals surface area contributed by atoms with Gasteiger partial charge in [-0.25, -0.2) is 5.32 Å². The first-order valence-electron chi connectivity index (χ1n) is 4.65. The second kappa shape index (κ2) is 1.76. The zero-order valence-corrected chi connectivity index (χ0v) is 6.29. The SMILES string of the molecule is C1CCC2C(C1)[N]C1CC12. The maximum absolute atomic E-state index is 4.78. The van der Waals surface area contributed by atoms with Gasteiger partial charge in [0.05, 0.1) is 0 Å². The van der Waals surface area contributed by atoms with Crippen molar-refractivity contribution in [3.05, 3.63) is 0 Å². The number of fused-ring (bicyclic) bond motifs is 3. The van der Waals surface area contributed by atoms with Crippen molar-refractivity contribution < 1.29 is 0 Å². The molecule has 1 radical (unpaired) electrons. The largest absolute Gasteiger partial charge is 0.235 e. The molecule has 3 fully saturated rings. The van der Waals surface area contributed by atoms with Crippen molar-refractivity contribution in [1.82, 2.24) is 5.32 Å². The predicted octanol–water partition coefficient (Wildman–Crippen LogP) is 1.55. The Bertz CT molecular complexity index is 155. The smallest absolute Gasteiger partial charge is 0.0284 e. The molecule has 0 aromatic rings. The molecule has 10 heavy (non-hydrogen) atoms. The third-order valence-corrected chi connectivity index (χ3v) is 3.52. The number of rotatable bonds is 0. The van der Waals surface area contributed by atoms with Gasteiger partial charge in [-0.3, -0.25) is 0 Å². The summed E-state index contributed by atoms with van der Waals surface area (Å²) >= 11 is 0. The average molecular weight is 136 g/mol. The van der Waals surface area contributed by atoms with Crippen LogP contribution < -0.4 is 5.32 Å². The molecule has 2 saturated carbocycles. The van der Waals surface area contributed by atoms with Crippen molar-refractivity contribution in [3.8, 4) is 0 Å². The Balaban J connectivity index is 1.80. The molecule has 4 unspecified atom stereocenters. The van der Waals surface area contributed by atoms with Gasteiger partial charge in [0.15, 0.2) is 0 Å². The lowest BCUT2D eigenvalue weighted by molar-refractivity contribution is 0.283. The van der Waals surface area contributed by atoms with Crippen LogP contribution in [0.5, 0.6) is 0 Å². The molecular formula is C9H14N. The Kier molecular flexibility index (Phi) is 0.984. The zero-order valence-electron chi connectivity index (χ0n) is 6.29. The number of hydrogen-bond donors (Lipinski definition) is 0. The minimum Gasteiger partial charge on any atom is -0.235 e. The second-order valence-corrected chi connectivity index (χ2v) is 4.13. The fourth-order valence-corrected chi connectivity index (χ4v) is 2.90. The van der Waals surface area contributed by atoms with E-state index in [1.54, 1.807) is 0 Å². The average Bonchev–Trinajstić information content (AvgIpc) is 2.64. The van der Waals surface area contributed by atoms with Crippen LogP contribution in [0.15, 0.2) is 0 Å². The van der Waals surface area contributed by atoms with Gasteiger partial charge >= 0.3 is 0 Å². The van der Waals surface area contributed by atoms with Gasteiger partial charge in [0.25, 0.3) is 0 Å². The van der Waals surface area contributed by atoms with Crippen LogP contribution in [0.4, 0.5) is 0 Å². The summed E-state index contributed by atoms with van der Waals surface area (Å²) in [6.07, 6.45) is 7.29. The number of nitrogens with zero attached hydrogens (tertiary/aromatic N) is 1. The summed E-state index contributed by atoms with van der Waals surface area (Å²) in [4.78, 5) is 0. The third kappa shape index (κ3) is 0.619. The molecule has 0 aromatic heterocycles. The fourth-order valence-electron chi connectivity index (χ4n) is 2.90. The van der Waals surface area contributed by atoms with E-state index in [2.05, 4.69) is 0 Å². The van der Waals surface area contributed by atoms with Crippen LogP contribution in [0.25, 0.3) is 0 Å². The highest BCUT2D eigenvalue weighted by Gasteiger charge is 2.54. The van der Waals surface area contributed by atoms with Crippen molar-refractivity contribution >= 4 is 0 Å². The summed E-state index contributed by atoms with van der Waals surface area (Å²) in [7, 11) is 0.